The van der Waals surface area contributed by atoms with E-state index >= 15 is 0 Å². The van der Waals surface area contributed by atoms with Crippen molar-refractivity contribution in [3.8, 4) is 0 Å². The van der Waals surface area contributed by atoms with Gasteiger partial charge in [-0.1, -0.05) is 35.5 Å². The number of benzene rings is 1. The molecule has 1 saturated carbocycles. The van der Waals surface area contributed by atoms with Crippen molar-refractivity contribution in [3.63, 3.8) is 0 Å². The van der Waals surface area contributed by atoms with E-state index in [-0.39, 0.29) is 12.0 Å². The molecule has 144 valence electrons. The zero-order valence-corrected chi connectivity index (χ0v) is 15.4. The van der Waals surface area contributed by atoms with E-state index in [0.717, 1.165) is 30.8 Å². The first-order valence-electron chi connectivity index (χ1n) is 9.34. The van der Waals surface area contributed by atoms with Crippen LogP contribution in [0.5, 0.6) is 0 Å². The van der Waals surface area contributed by atoms with Crippen molar-refractivity contribution in [2.24, 2.45) is 11.8 Å². The Labute approximate surface area is 158 Å². The molecule has 27 heavy (non-hydrogen) atoms. The van der Waals surface area contributed by atoms with Crippen LogP contribution in [-0.4, -0.2) is 38.0 Å². The summed E-state index contributed by atoms with van der Waals surface area (Å²) in [6.07, 6.45) is 0.660. The molecule has 2 aliphatic rings. The predicted molar refractivity (Wildman–Crippen MR) is 98.0 cm³/mol. The van der Waals surface area contributed by atoms with Crippen molar-refractivity contribution in [2.45, 2.75) is 25.0 Å². The van der Waals surface area contributed by atoms with Gasteiger partial charge in [0.25, 0.3) is 0 Å². The van der Waals surface area contributed by atoms with E-state index < -0.39 is 6.09 Å². The van der Waals surface area contributed by atoms with E-state index in [1.807, 2.05) is 36.4 Å². The normalized spacial score (nSPS) is 26.3. The highest BCUT2D eigenvalue weighted by Gasteiger charge is 2.67. The Bertz CT molecular complexity index is 765. The lowest BCUT2D eigenvalue weighted by Crippen LogP contribution is -2.35. The number of rotatable bonds is 7. The molecule has 4 rings (SSSR count). The topological polar surface area (TPSA) is 85.6 Å². The molecule has 1 aromatic heterocycles. The van der Waals surface area contributed by atoms with Gasteiger partial charge in [-0.25, -0.2) is 4.79 Å². The molecule has 3 unspecified atom stereocenters. The molecular weight excluding hydrogens is 346 g/mol. The Morgan fingerprint density at radius 3 is 2.93 bits per heavy atom. The maximum Gasteiger partial charge on any atom is 0.407 e. The van der Waals surface area contributed by atoms with Gasteiger partial charge in [0.1, 0.15) is 13.2 Å². The van der Waals surface area contributed by atoms with Crippen LogP contribution < -0.4 is 10.6 Å². The number of carbonyl (C=O) groups excluding carboxylic acids is 1. The lowest BCUT2D eigenvalue weighted by Gasteiger charge is -2.16. The average molecular weight is 371 g/mol. The SMILES string of the molecule is COCc1cc(C2(CNC(=O)OCc3ccccc3)C3CCNCC32)no1. The van der Waals surface area contributed by atoms with E-state index in [0.29, 0.717) is 30.7 Å². The summed E-state index contributed by atoms with van der Waals surface area (Å²) in [7, 11) is 1.63. The number of alkyl carbamates (subject to hydrolysis) is 1. The second-order valence-electron chi connectivity index (χ2n) is 7.27. The van der Waals surface area contributed by atoms with Crippen LogP contribution in [-0.2, 0) is 28.1 Å². The van der Waals surface area contributed by atoms with Crippen molar-refractivity contribution < 1.29 is 18.8 Å². The fourth-order valence-corrected chi connectivity index (χ4v) is 4.37. The molecule has 1 aliphatic carbocycles. The summed E-state index contributed by atoms with van der Waals surface area (Å²) in [4.78, 5) is 12.2. The minimum Gasteiger partial charge on any atom is -0.445 e. The van der Waals surface area contributed by atoms with Crippen molar-refractivity contribution in [1.29, 1.82) is 0 Å². The molecule has 3 atom stereocenters. The van der Waals surface area contributed by atoms with Crippen LogP contribution in [0, 0.1) is 11.8 Å². The number of fused-ring (bicyclic) bond motifs is 1. The number of nitrogens with zero attached hydrogens (tertiary/aromatic N) is 1. The summed E-state index contributed by atoms with van der Waals surface area (Å²) in [5.74, 6) is 1.64. The summed E-state index contributed by atoms with van der Waals surface area (Å²) in [6, 6.07) is 11.6. The van der Waals surface area contributed by atoms with E-state index in [1.165, 1.54) is 0 Å². The van der Waals surface area contributed by atoms with Gasteiger partial charge in [0.2, 0.25) is 0 Å². The summed E-state index contributed by atoms with van der Waals surface area (Å²) in [5.41, 5.74) is 1.68. The van der Waals surface area contributed by atoms with Gasteiger partial charge in [0, 0.05) is 25.1 Å². The van der Waals surface area contributed by atoms with Gasteiger partial charge in [-0.15, -0.1) is 0 Å². The van der Waals surface area contributed by atoms with Crippen LogP contribution in [0.15, 0.2) is 40.9 Å². The first-order valence-corrected chi connectivity index (χ1v) is 9.34. The molecule has 7 nitrogen and oxygen atoms in total. The Balaban J connectivity index is 1.40. The minimum absolute atomic E-state index is 0.190. The van der Waals surface area contributed by atoms with E-state index in [1.54, 1.807) is 7.11 Å². The van der Waals surface area contributed by atoms with E-state index in [2.05, 4.69) is 15.8 Å². The second-order valence-corrected chi connectivity index (χ2v) is 7.27. The largest absolute Gasteiger partial charge is 0.445 e. The van der Waals surface area contributed by atoms with Gasteiger partial charge in [-0.05, 0) is 36.9 Å². The van der Waals surface area contributed by atoms with Crippen LogP contribution in [0.4, 0.5) is 4.79 Å². The molecule has 2 aromatic rings. The molecule has 1 aromatic carbocycles. The molecule has 1 aliphatic heterocycles. The molecule has 1 amide bonds. The second kappa shape index (κ2) is 7.70. The van der Waals surface area contributed by atoms with Crippen LogP contribution in [0.25, 0.3) is 0 Å². The third-order valence-corrected chi connectivity index (χ3v) is 5.76. The highest BCUT2D eigenvalue weighted by molar-refractivity contribution is 5.67. The van der Waals surface area contributed by atoms with E-state index in [4.69, 9.17) is 14.0 Å². The number of hydrogen-bond acceptors (Lipinski definition) is 6. The van der Waals surface area contributed by atoms with Gasteiger partial charge in [0.05, 0.1) is 5.69 Å². The average Bonchev–Trinajstić information content (AvgIpc) is 3.12. The van der Waals surface area contributed by atoms with Crippen molar-refractivity contribution in [3.05, 3.63) is 53.4 Å². The van der Waals surface area contributed by atoms with Gasteiger partial charge in [0.15, 0.2) is 5.76 Å². The maximum atomic E-state index is 12.2. The minimum atomic E-state index is -0.407. The fraction of sp³-hybridized carbons (Fsp3) is 0.500. The molecule has 2 fully saturated rings. The summed E-state index contributed by atoms with van der Waals surface area (Å²) in [5, 5.41) is 10.7. The van der Waals surface area contributed by atoms with Gasteiger partial charge >= 0.3 is 6.09 Å². The predicted octanol–water partition coefficient (Wildman–Crippen LogP) is 2.22. The molecule has 2 N–H and O–H groups in total. The first-order chi connectivity index (χ1) is 13.2. The van der Waals surface area contributed by atoms with Gasteiger partial charge in [-0.2, -0.15) is 0 Å². The molecule has 7 heteroatoms. The zero-order valence-electron chi connectivity index (χ0n) is 15.4. The fourth-order valence-electron chi connectivity index (χ4n) is 4.37. The van der Waals surface area contributed by atoms with Crippen molar-refractivity contribution >= 4 is 6.09 Å². The quantitative estimate of drug-likeness (QED) is 0.776. The highest BCUT2D eigenvalue weighted by Crippen LogP contribution is 2.61. The number of amides is 1. The molecular formula is C20H25N3O4. The monoisotopic (exact) mass is 371 g/mol. The van der Waals surface area contributed by atoms with E-state index in [9.17, 15) is 4.79 Å². The number of methoxy groups -OCH3 is 1. The number of piperidine rings is 1. The lowest BCUT2D eigenvalue weighted by atomic mass is 9.96. The smallest absolute Gasteiger partial charge is 0.407 e. The first kappa shape index (κ1) is 18.0. The standard InChI is InChI=1S/C20H25N3O4/c1-25-12-15-9-18(23-27-15)20(16-7-8-21-10-17(16)20)13-22-19(24)26-11-14-5-3-2-4-6-14/h2-6,9,16-17,21H,7-8,10-13H2,1H3,(H,22,24). The Morgan fingerprint density at radius 1 is 1.33 bits per heavy atom. The third kappa shape index (κ3) is 3.57. The lowest BCUT2D eigenvalue weighted by molar-refractivity contribution is 0.138. The maximum absolute atomic E-state index is 12.2. The summed E-state index contributed by atoms with van der Waals surface area (Å²) in [6.45, 7) is 3.07. The summed E-state index contributed by atoms with van der Waals surface area (Å²) < 4.78 is 15.9. The summed E-state index contributed by atoms with van der Waals surface area (Å²) >= 11 is 0. The molecule has 2 heterocycles. The number of ether oxygens (including phenoxy) is 2. The number of hydrogen-bond donors (Lipinski definition) is 2. The molecule has 0 radical (unpaired) electrons. The van der Waals surface area contributed by atoms with Crippen LogP contribution >= 0.6 is 0 Å². The van der Waals surface area contributed by atoms with Crippen LogP contribution in [0.3, 0.4) is 0 Å². The van der Waals surface area contributed by atoms with Gasteiger partial charge < -0.3 is 24.6 Å². The van der Waals surface area contributed by atoms with Crippen molar-refractivity contribution in [2.75, 3.05) is 26.7 Å². The van der Waals surface area contributed by atoms with Crippen LogP contribution in [0.1, 0.15) is 23.4 Å². The number of carbonyl (C=O) groups is 1. The van der Waals surface area contributed by atoms with Crippen molar-refractivity contribution in [1.82, 2.24) is 15.8 Å². The van der Waals surface area contributed by atoms with Crippen LogP contribution in [0.2, 0.25) is 0 Å². The number of nitrogens with one attached hydrogen (secondary N) is 2. The molecule has 0 bridgehead atoms. The zero-order chi connectivity index (χ0) is 18.7. The van der Waals surface area contributed by atoms with Gasteiger partial charge in [-0.3, -0.25) is 0 Å². The Kier molecular flexibility index (Phi) is 5.13. The Morgan fingerprint density at radius 2 is 2.19 bits per heavy atom. The molecule has 0 spiro atoms. The molecule has 1 saturated heterocycles. The Hall–Kier alpha value is -2.38. The highest BCUT2D eigenvalue weighted by atomic mass is 16.5. The number of aromatic nitrogens is 1. The third-order valence-electron chi connectivity index (χ3n) is 5.76.